The number of para-hydroxylation sites is 3. The second-order valence-corrected chi connectivity index (χ2v) is 27.0. The predicted molar refractivity (Wildman–Crippen MR) is 433 cm³/mol. The van der Waals surface area contributed by atoms with Crippen molar-refractivity contribution in [1.82, 2.24) is 0 Å². The molecule has 0 aliphatic heterocycles. The molecule has 0 fully saturated rings. The van der Waals surface area contributed by atoms with Crippen LogP contribution in [0.3, 0.4) is 0 Å². The lowest BCUT2D eigenvalue weighted by Gasteiger charge is -2.29. The third kappa shape index (κ3) is 9.79. The third-order valence-electron chi connectivity index (χ3n) is 21.1. The number of hydrogen-bond donors (Lipinski definition) is 0. The molecule has 4 aromatic heterocycles. The van der Waals surface area contributed by atoms with E-state index in [0.717, 1.165) is 188 Å². The summed E-state index contributed by atoms with van der Waals surface area (Å²) in [5.41, 5.74) is 26.2. The zero-order valence-electron chi connectivity index (χ0n) is 56.2. The maximum Gasteiger partial charge on any atom is 0.143 e. The molecule has 0 bridgehead atoms. The number of nitrogens with zero attached hydrogens (tertiary/aromatic N) is 2. The number of hydrogen-bond acceptors (Lipinski definition) is 6. The molecular weight excluding hydrogens is 1270 g/mol. The number of fused-ring (bicyclic) bond motifs is 16. The zero-order chi connectivity index (χ0) is 68.3. The van der Waals surface area contributed by atoms with Gasteiger partial charge in [0.15, 0.2) is 0 Å². The first-order valence-corrected chi connectivity index (χ1v) is 35.3. The summed E-state index contributed by atoms with van der Waals surface area (Å²) in [6, 6.07) is 131. The molecule has 0 atom stereocenters. The molecule has 0 saturated carbocycles. The van der Waals surface area contributed by atoms with E-state index in [0.29, 0.717) is 0 Å². The topological polar surface area (TPSA) is 59.0 Å². The number of furan rings is 4. The second kappa shape index (κ2) is 23.9. The highest BCUT2D eigenvalue weighted by Crippen LogP contribution is 2.50. The van der Waals surface area contributed by atoms with E-state index in [1.807, 2.05) is 12.1 Å². The second-order valence-electron chi connectivity index (χ2n) is 27.0. The van der Waals surface area contributed by atoms with Gasteiger partial charge in [-0.3, -0.25) is 0 Å². The van der Waals surface area contributed by atoms with Gasteiger partial charge in [0, 0.05) is 87.7 Å². The quantitative estimate of drug-likeness (QED) is 0.121. The molecule has 0 spiro atoms. The molecule has 104 heavy (non-hydrogen) atoms. The van der Waals surface area contributed by atoms with Crippen LogP contribution in [-0.2, 0) is 0 Å². The van der Waals surface area contributed by atoms with E-state index in [1.54, 1.807) is 0 Å². The highest BCUT2D eigenvalue weighted by Gasteiger charge is 2.25. The van der Waals surface area contributed by atoms with Gasteiger partial charge in [0.1, 0.15) is 44.7 Å². The standard InChI is InChI=1S/C98H60N2O4/c1-4-18-62(19-5-1)75-45-36-66(54-83(75)63-20-6-2-7-21-63)61-32-41-72(42-33-61)100(74-43-52-92-87(59-74)79-29-15-17-31-91(79)101-92)90-49-38-67(55-84(90)70-40-51-95-86(57-70)82-48-35-65-23-11-13-28-78(65)98(82)104-95)68-37-46-80-88-60-73(44-53-93(88)102-96(80)58-68)99(71-24-8-3-9-25-71)89-30-16-14-26-76(89)69-39-50-94-85(56-69)81-47-34-64-22-10-12-27-77(64)97(81)103-94/h1-60H. The van der Waals surface area contributed by atoms with Crippen LogP contribution >= 0.6 is 0 Å². The van der Waals surface area contributed by atoms with Gasteiger partial charge in [0.05, 0.1) is 11.4 Å². The molecule has 0 amide bonds. The Morgan fingerprint density at radius 3 is 1.22 bits per heavy atom. The molecule has 21 rings (SSSR count). The molecule has 486 valence electrons. The van der Waals surface area contributed by atoms with Crippen molar-refractivity contribution in [2.45, 2.75) is 0 Å². The van der Waals surface area contributed by atoms with E-state index in [4.69, 9.17) is 17.7 Å². The van der Waals surface area contributed by atoms with E-state index in [2.05, 4.69) is 362 Å². The lowest BCUT2D eigenvalue weighted by Crippen LogP contribution is -2.11. The molecule has 0 saturated heterocycles. The van der Waals surface area contributed by atoms with Crippen LogP contribution in [0.5, 0.6) is 0 Å². The fourth-order valence-corrected chi connectivity index (χ4v) is 16.0. The highest BCUT2D eigenvalue weighted by molar-refractivity contribution is 6.18. The van der Waals surface area contributed by atoms with Crippen LogP contribution in [0.15, 0.2) is 382 Å². The molecule has 0 radical (unpaired) electrons. The van der Waals surface area contributed by atoms with Gasteiger partial charge in [-0.2, -0.15) is 0 Å². The molecule has 6 heteroatoms. The SMILES string of the molecule is c1ccc(-c2ccc(-c3ccc(N(c4ccc5oc6ccccc6c5c4)c4ccc(-c5ccc6c(c5)oc5ccc(N(c7ccccc7)c7ccccc7-c7ccc8oc9c%10ccccc%10ccc9c8c7)cc56)cc4-c4ccc5oc6c7ccccc7ccc6c5c4)cc3)cc2-c2ccccc2)cc1. The van der Waals surface area contributed by atoms with Crippen LogP contribution in [-0.4, -0.2) is 0 Å². The molecule has 0 unspecified atom stereocenters. The normalized spacial score (nSPS) is 11.8. The minimum atomic E-state index is 0.798. The largest absolute Gasteiger partial charge is 0.456 e. The molecule has 0 N–H and O–H groups in total. The maximum absolute atomic E-state index is 6.95. The van der Waals surface area contributed by atoms with Crippen molar-refractivity contribution in [3.8, 4) is 66.8 Å². The van der Waals surface area contributed by atoms with Crippen LogP contribution in [0.1, 0.15) is 0 Å². The van der Waals surface area contributed by atoms with Crippen molar-refractivity contribution < 1.29 is 17.7 Å². The molecule has 6 nitrogen and oxygen atoms in total. The minimum Gasteiger partial charge on any atom is -0.456 e. The van der Waals surface area contributed by atoms with Gasteiger partial charge in [-0.05, 0) is 206 Å². The van der Waals surface area contributed by atoms with E-state index in [-0.39, 0.29) is 0 Å². The summed E-state index contributed by atoms with van der Waals surface area (Å²) in [6.07, 6.45) is 0. The van der Waals surface area contributed by atoms with Gasteiger partial charge >= 0.3 is 0 Å². The van der Waals surface area contributed by atoms with E-state index in [9.17, 15) is 0 Å². The van der Waals surface area contributed by atoms with Crippen molar-refractivity contribution in [3.05, 3.63) is 364 Å². The molecule has 17 aromatic carbocycles. The minimum absolute atomic E-state index is 0.798. The summed E-state index contributed by atoms with van der Waals surface area (Å²) < 4.78 is 26.9. The average molecular weight is 1330 g/mol. The van der Waals surface area contributed by atoms with E-state index < -0.39 is 0 Å². The van der Waals surface area contributed by atoms with Crippen molar-refractivity contribution in [2.24, 2.45) is 0 Å². The smallest absolute Gasteiger partial charge is 0.143 e. The van der Waals surface area contributed by atoms with Crippen molar-refractivity contribution in [3.63, 3.8) is 0 Å². The Hall–Kier alpha value is -13.9. The molecular formula is C98H60N2O4. The predicted octanol–water partition coefficient (Wildman–Crippen LogP) is 28.5. The van der Waals surface area contributed by atoms with Gasteiger partial charge in [-0.15, -0.1) is 0 Å². The van der Waals surface area contributed by atoms with Crippen molar-refractivity contribution in [2.75, 3.05) is 9.80 Å². The summed E-state index contributed by atoms with van der Waals surface area (Å²) in [7, 11) is 0. The van der Waals surface area contributed by atoms with Crippen LogP contribution in [0, 0.1) is 0 Å². The van der Waals surface area contributed by atoms with Crippen molar-refractivity contribution >= 4 is 143 Å². The van der Waals surface area contributed by atoms with Crippen LogP contribution in [0.4, 0.5) is 34.1 Å². The molecule has 0 aliphatic carbocycles. The first kappa shape index (κ1) is 59.0. The lowest BCUT2D eigenvalue weighted by molar-refractivity contribution is 0.668. The first-order chi connectivity index (χ1) is 51.5. The molecule has 21 aromatic rings. The summed E-state index contributed by atoms with van der Waals surface area (Å²) in [4.78, 5) is 4.77. The number of anilines is 6. The highest BCUT2D eigenvalue weighted by atomic mass is 16.3. The van der Waals surface area contributed by atoms with Crippen LogP contribution < -0.4 is 9.80 Å². The summed E-state index contributed by atoms with van der Waals surface area (Å²) in [5.74, 6) is 0. The fourth-order valence-electron chi connectivity index (χ4n) is 16.0. The molecule has 4 heterocycles. The van der Waals surface area contributed by atoms with Gasteiger partial charge in [0.25, 0.3) is 0 Å². The Balaban J connectivity index is 0.707. The molecule has 0 aliphatic rings. The third-order valence-corrected chi connectivity index (χ3v) is 21.1. The Morgan fingerprint density at radius 2 is 0.567 bits per heavy atom. The Kier molecular flexibility index (Phi) is 13.5. The van der Waals surface area contributed by atoms with Crippen molar-refractivity contribution in [1.29, 1.82) is 0 Å². The van der Waals surface area contributed by atoms with Gasteiger partial charge in [-0.25, -0.2) is 0 Å². The zero-order valence-corrected chi connectivity index (χ0v) is 56.2. The van der Waals surface area contributed by atoms with E-state index >= 15 is 0 Å². The number of benzene rings is 17. The Labute approximate surface area is 598 Å². The first-order valence-electron chi connectivity index (χ1n) is 35.3. The monoisotopic (exact) mass is 1330 g/mol. The van der Waals surface area contributed by atoms with Gasteiger partial charge in [0.2, 0.25) is 0 Å². The maximum atomic E-state index is 6.95. The Bertz CT molecular complexity index is 6980. The fraction of sp³-hybridized carbons (Fsp3) is 0. The average Bonchev–Trinajstić information content (AvgIpc) is 1.54. The van der Waals surface area contributed by atoms with Gasteiger partial charge < -0.3 is 27.5 Å². The Morgan fingerprint density at radius 1 is 0.163 bits per heavy atom. The summed E-state index contributed by atoms with van der Waals surface area (Å²) >= 11 is 0. The number of rotatable bonds is 12. The summed E-state index contributed by atoms with van der Waals surface area (Å²) in [5, 5.41) is 13.0. The van der Waals surface area contributed by atoms with E-state index in [1.165, 1.54) is 22.3 Å². The van der Waals surface area contributed by atoms with Crippen LogP contribution in [0.25, 0.3) is 176 Å². The van der Waals surface area contributed by atoms with Crippen LogP contribution in [0.2, 0.25) is 0 Å². The summed E-state index contributed by atoms with van der Waals surface area (Å²) in [6.45, 7) is 0. The van der Waals surface area contributed by atoms with Gasteiger partial charge in [-0.1, -0.05) is 224 Å². The lowest BCUT2D eigenvalue weighted by atomic mass is 9.91.